The summed E-state index contributed by atoms with van der Waals surface area (Å²) < 4.78 is 33.6. The summed E-state index contributed by atoms with van der Waals surface area (Å²) in [5.74, 6) is -0.800. The standard InChI is InChI=1S/C31H32O9/c1-35-25-12-19(13-26(36-2)30(25)37-3)27-20-14-23-24(40-17-39-23)15-21(20)29(33)22(16-32)28(27)31(34)38-11-7-10-18-8-5-4-6-9-18/h4-10,12-15,22,27-29,32-33H,11,16-17H2,1-3H3/b10-7+/t22-,27+,28+,29-/m0/s1. The Morgan fingerprint density at radius 1 is 0.950 bits per heavy atom. The van der Waals surface area contributed by atoms with Gasteiger partial charge in [-0.15, -0.1) is 0 Å². The molecule has 5 rings (SSSR count). The van der Waals surface area contributed by atoms with Crippen LogP contribution >= 0.6 is 0 Å². The van der Waals surface area contributed by atoms with Crippen LogP contribution in [0.15, 0.2) is 60.7 Å². The van der Waals surface area contributed by atoms with Crippen molar-refractivity contribution in [3.8, 4) is 28.7 Å². The zero-order valence-electron chi connectivity index (χ0n) is 22.5. The van der Waals surface area contributed by atoms with Gasteiger partial charge in [-0.25, -0.2) is 0 Å². The molecule has 0 bridgehead atoms. The van der Waals surface area contributed by atoms with Crippen molar-refractivity contribution in [3.05, 3.63) is 82.9 Å². The molecule has 0 spiro atoms. The molecule has 0 aromatic heterocycles. The maximum Gasteiger partial charge on any atom is 0.310 e. The minimum atomic E-state index is -1.15. The monoisotopic (exact) mass is 548 g/mol. The molecular formula is C31H32O9. The lowest BCUT2D eigenvalue weighted by Crippen LogP contribution is -2.41. The number of hydrogen-bond donors (Lipinski definition) is 2. The Kier molecular flexibility index (Phi) is 8.14. The Labute approximate surface area is 232 Å². The quantitative estimate of drug-likeness (QED) is 0.382. The van der Waals surface area contributed by atoms with E-state index in [4.69, 9.17) is 28.4 Å². The fourth-order valence-electron chi connectivity index (χ4n) is 5.53. The Bertz CT molecular complexity index is 1360. The lowest BCUT2D eigenvalue weighted by molar-refractivity contribution is -0.154. The molecule has 210 valence electrons. The zero-order valence-corrected chi connectivity index (χ0v) is 22.5. The Balaban J connectivity index is 1.59. The van der Waals surface area contributed by atoms with Gasteiger partial charge in [-0.2, -0.15) is 0 Å². The molecule has 4 atom stereocenters. The molecule has 0 radical (unpaired) electrons. The van der Waals surface area contributed by atoms with Crippen LogP contribution in [0.2, 0.25) is 0 Å². The van der Waals surface area contributed by atoms with Crippen molar-refractivity contribution in [1.82, 2.24) is 0 Å². The van der Waals surface area contributed by atoms with Crippen molar-refractivity contribution in [3.63, 3.8) is 0 Å². The number of carbonyl (C=O) groups is 1. The highest BCUT2D eigenvalue weighted by Crippen LogP contribution is 2.54. The van der Waals surface area contributed by atoms with Crippen LogP contribution in [0.5, 0.6) is 28.7 Å². The number of hydrogen-bond acceptors (Lipinski definition) is 9. The minimum Gasteiger partial charge on any atom is -0.493 e. The topological polar surface area (TPSA) is 113 Å². The molecule has 0 unspecified atom stereocenters. The largest absolute Gasteiger partial charge is 0.493 e. The molecule has 0 saturated heterocycles. The molecule has 1 aliphatic carbocycles. The third kappa shape index (κ3) is 5.05. The number of aliphatic hydroxyl groups is 2. The third-order valence-corrected chi connectivity index (χ3v) is 7.42. The number of methoxy groups -OCH3 is 3. The summed E-state index contributed by atoms with van der Waals surface area (Å²) in [6.07, 6.45) is 2.46. The predicted molar refractivity (Wildman–Crippen MR) is 146 cm³/mol. The molecule has 9 nitrogen and oxygen atoms in total. The van der Waals surface area contributed by atoms with Gasteiger partial charge in [0.25, 0.3) is 0 Å². The molecular weight excluding hydrogens is 516 g/mol. The van der Waals surface area contributed by atoms with Gasteiger partial charge in [-0.05, 0) is 52.6 Å². The second kappa shape index (κ2) is 11.9. The normalized spacial score (nSPS) is 21.1. The summed E-state index contributed by atoms with van der Waals surface area (Å²) in [6.45, 7) is -0.379. The fraction of sp³-hybridized carbons (Fsp3) is 0.323. The van der Waals surface area contributed by atoms with Gasteiger partial charge in [0, 0.05) is 18.4 Å². The Hall–Kier alpha value is -4.21. The van der Waals surface area contributed by atoms with Gasteiger partial charge in [0.05, 0.1) is 33.4 Å². The molecule has 1 aliphatic heterocycles. The van der Waals surface area contributed by atoms with Gasteiger partial charge in [-0.3, -0.25) is 4.79 Å². The SMILES string of the molecule is COc1cc([C@@H]2c3cc4c(cc3[C@H](O)[C@@H](CO)[C@H]2C(=O)OC/C=C/c2ccccc2)OCO4)cc(OC)c1OC. The Morgan fingerprint density at radius 2 is 1.60 bits per heavy atom. The third-order valence-electron chi connectivity index (χ3n) is 7.42. The zero-order chi connectivity index (χ0) is 28.2. The molecule has 3 aromatic rings. The Morgan fingerprint density at radius 3 is 2.20 bits per heavy atom. The van der Waals surface area contributed by atoms with Crippen molar-refractivity contribution >= 4 is 12.0 Å². The van der Waals surface area contributed by atoms with Gasteiger partial charge < -0.3 is 38.6 Å². The van der Waals surface area contributed by atoms with Crippen LogP contribution in [0.1, 0.15) is 34.3 Å². The molecule has 40 heavy (non-hydrogen) atoms. The summed E-state index contributed by atoms with van der Waals surface area (Å²) in [4.78, 5) is 13.8. The first kappa shape index (κ1) is 27.4. The van der Waals surface area contributed by atoms with Crippen LogP contribution < -0.4 is 23.7 Å². The number of aliphatic hydroxyl groups excluding tert-OH is 2. The second-order valence-electron chi connectivity index (χ2n) is 9.53. The lowest BCUT2D eigenvalue weighted by Gasteiger charge is -2.41. The van der Waals surface area contributed by atoms with E-state index in [9.17, 15) is 15.0 Å². The number of ether oxygens (including phenoxy) is 6. The van der Waals surface area contributed by atoms with E-state index in [0.29, 0.717) is 45.4 Å². The molecule has 2 N–H and O–H groups in total. The summed E-state index contributed by atoms with van der Waals surface area (Å²) in [7, 11) is 4.54. The van der Waals surface area contributed by atoms with E-state index in [1.165, 1.54) is 21.3 Å². The average Bonchev–Trinajstić information content (AvgIpc) is 3.45. The van der Waals surface area contributed by atoms with Crippen molar-refractivity contribution in [2.75, 3.05) is 41.3 Å². The summed E-state index contributed by atoms with van der Waals surface area (Å²) in [5, 5.41) is 21.9. The first-order chi connectivity index (χ1) is 19.5. The number of esters is 1. The first-order valence-corrected chi connectivity index (χ1v) is 12.9. The molecule has 0 fully saturated rings. The van der Waals surface area contributed by atoms with Gasteiger partial charge in [-0.1, -0.05) is 36.4 Å². The van der Waals surface area contributed by atoms with Crippen LogP contribution in [0.4, 0.5) is 0 Å². The second-order valence-corrected chi connectivity index (χ2v) is 9.53. The van der Waals surface area contributed by atoms with Crippen molar-refractivity contribution in [1.29, 1.82) is 0 Å². The van der Waals surface area contributed by atoms with Crippen LogP contribution in [0, 0.1) is 11.8 Å². The van der Waals surface area contributed by atoms with Crippen molar-refractivity contribution in [2.24, 2.45) is 11.8 Å². The highest BCUT2D eigenvalue weighted by molar-refractivity contribution is 5.77. The van der Waals surface area contributed by atoms with E-state index in [1.54, 1.807) is 30.3 Å². The summed E-state index contributed by atoms with van der Waals surface area (Å²) >= 11 is 0. The first-order valence-electron chi connectivity index (χ1n) is 12.9. The van der Waals surface area contributed by atoms with E-state index in [1.807, 2.05) is 36.4 Å². The van der Waals surface area contributed by atoms with Gasteiger partial charge in [0.15, 0.2) is 23.0 Å². The van der Waals surface area contributed by atoms with Gasteiger partial charge in [0.2, 0.25) is 12.5 Å². The molecule has 1 heterocycles. The van der Waals surface area contributed by atoms with Gasteiger partial charge >= 0.3 is 5.97 Å². The fourth-order valence-corrected chi connectivity index (χ4v) is 5.53. The molecule has 2 aliphatic rings. The van der Waals surface area contributed by atoms with E-state index in [0.717, 1.165) is 5.56 Å². The van der Waals surface area contributed by atoms with Crippen LogP contribution in [0.25, 0.3) is 6.08 Å². The molecule has 3 aromatic carbocycles. The van der Waals surface area contributed by atoms with Crippen LogP contribution in [-0.2, 0) is 9.53 Å². The van der Waals surface area contributed by atoms with E-state index in [-0.39, 0.29) is 13.4 Å². The molecule has 0 saturated carbocycles. The van der Waals surface area contributed by atoms with Crippen LogP contribution in [-0.4, -0.2) is 57.5 Å². The maximum absolute atomic E-state index is 13.8. The smallest absolute Gasteiger partial charge is 0.310 e. The highest BCUT2D eigenvalue weighted by Gasteiger charge is 2.48. The van der Waals surface area contributed by atoms with E-state index >= 15 is 0 Å². The number of fused-ring (bicyclic) bond motifs is 2. The molecule has 0 amide bonds. The average molecular weight is 549 g/mol. The van der Waals surface area contributed by atoms with E-state index < -0.39 is 36.4 Å². The summed E-state index contributed by atoms with van der Waals surface area (Å²) in [5.41, 5.74) is 2.81. The molecule has 9 heteroatoms. The predicted octanol–water partition coefficient (Wildman–Crippen LogP) is 4.10. The van der Waals surface area contributed by atoms with Gasteiger partial charge in [0.1, 0.15) is 6.61 Å². The highest BCUT2D eigenvalue weighted by atomic mass is 16.7. The van der Waals surface area contributed by atoms with Crippen LogP contribution in [0.3, 0.4) is 0 Å². The van der Waals surface area contributed by atoms with Crippen molar-refractivity contribution < 1.29 is 43.4 Å². The number of carbonyl (C=O) groups excluding carboxylic acids is 1. The summed E-state index contributed by atoms with van der Waals surface area (Å²) in [6, 6.07) is 16.7. The number of rotatable bonds is 9. The van der Waals surface area contributed by atoms with Crippen molar-refractivity contribution in [2.45, 2.75) is 12.0 Å². The minimum absolute atomic E-state index is 0.0223. The van der Waals surface area contributed by atoms with E-state index in [2.05, 4.69) is 0 Å². The lowest BCUT2D eigenvalue weighted by atomic mass is 9.65. The number of benzene rings is 3. The maximum atomic E-state index is 13.8.